The summed E-state index contributed by atoms with van der Waals surface area (Å²) in [5.41, 5.74) is 12.7. The second-order valence-electron chi connectivity index (χ2n) is 4.78. The quantitative estimate of drug-likeness (QED) is 0.785. The number of carbonyl (C=O) groups excluding carboxylic acids is 1. The van der Waals surface area contributed by atoms with Gasteiger partial charge >= 0.3 is 0 Å². The largest absolute Gasteiger partial charge is 0.398 e. The normalized spacial score (nSPS) is 11.4. The molecule has 4 nitrogen and oxygen atoms in total. The molecular weight excluding hydrogens is 202 g/mol. The average molecular weight is 221 g/mol. The van der Waals surface area contributed by atoms with E-state index in [1.54, 1.807) is 18.5 Å². The van der Waals surface area contributed by atoms with Crippen molar-refractivity contribution in [2.45, 2.75) is 38.6 Å². The number of rotatable bonds is 5. The molecule has 0 aromatic carbocycles. The van der Waals surface area contributed by atoms with Crippen LogP contribution in [0.25, 0.3) is 0 Å². The Hall–Kier alpha value is -1.42. The van der Waals surface area contributed by atoms with Gasteiger partial charge in [-0.05, 0) is 26.3 Å². The lowest BCUT2D eigenvalue weighted by molar-refractivity contribution is -0.118. The number of nitrogens with two attached hydrogens (primary N) is 2. The number of aromatic nitrogens is 1. The Balaban J connectivity index is 2.50. The van der Waals surface area contributed by atoms with Crippen LogP contribution >= 0.6 is 0 Å². The van der Waals surface area contributed by atoms with Crippen molar-refractivity contribution in [3.63, 3.8) is 0 Å². The van der Waals surface area contributed by atoms with E-state index in [1.807, 2.05) is 13.8 Å². The van der Waals surface area contributed by atoms with E-state index in [0.29, 0.717) is 24.9 Å². The Morgan fingerprint density at radius 2 is 2.19 bits per heavy atom. The van der Waals surface area contributed by atoms with Crippen LogP contribution in [0.15, 0.2) is 18.5 Å². The molecule has 0 aliphatic carbocycles. The number of hydrogen-bond donors (Lipinski definition) is 2. The molecule has 0 radical (unpaired) electrons. The average Bonchev–Trinajstić information content (AvgIpc) is 2.18. The van der Waals surface area contributed by atoms with Gasteiger partial charge in [-0.25, -0.2) is 0 Å². The molecule has 0 unspecified atom stereocenters. The SMILES string of the molecule is CC(C)(N)CCC(=O)Cc1cnccc1N. The number of ketones is 1. The van der Waals surface area contributed by atoms with Gasteiger partial charge in [0.15, 0.2) is 0 Å². The van der Waals surface area contributed by atoms with E-state index in [1.165, 1.54) is 0 Å². The van der Waals surface area contributed by atoms with Crippen LogP contribution in [-0.4, -0.2) is 16.3 Å². The third-order valence-electron chi connectivity index (χ3n) is 2.38. The van der Waals surface area contributed by atoms with Gasteiger partial charge in [0.25, 0.3) is 0 Å². The first kappa shape index (κ1) is 12.6. The summed E-state index contributed by atoms with van der Waals surface area (Å²) in [6.45, 7) is 3.83. The standard InChI is InChI=1S/C12H19N3O/c1-12(2,14)5-3-10(16)7-9-8-15-6-4-11(9)13/h4,6,8H,3,5,7,14H2,1-2H3,(H2,13,15). The fourth-order valence-electron chi connectivity index (χ4n) is 1.35. The highest BCUT2D eigenvalue weighted by atomic mass is 16.1. The van der Waals surface area contributed by atoms with Crippen LogP contribution in [0.3, 0.4) is 0 Å². The molecule has 0 aliphatic heterocycles. The van der Waals surface area contributed by atoms with Gasteiger partial charge in [-0.3, -0.25) is 9.78 Å². The molecule has 0 fully saturated rings. The number of anilines is 1. The molecule has 0 bridgehead atoms. The van der Waals surface area contributed by atoms with E-state index in [9.17, 15) is 4.79 Å². The monoisotopic (exact) mass is 221 g/mol. The zero-order valence-corrected chi connectivity index (χ0v) is 9.86. The molecule has 0 atom stereocenters. The van der Waals surface area contributed by atoms with Crippen molar-refractivity contribution in [3.8, 4) is 0 Å². The smallest absolute Gasteiger partial charge is 0.137 e. The summed E-state index contributed by atoms with van der Waals surface area (Å²) < 4.78 is 0. The van der Waals surface area contributed by atoms with Gasteiger partial charge in [-0.2, -0.15) is 0 Å². The Labute approximate surface area is 96.0 Å². The first-order valence-electron chi connectivity index (χ1n) is 5.37. The highest BCUT2D eigenvalue weighted by Crippen LogP contribution is 2.13. The zero-order valence-electron chi connectivity index (χ0n) is 9.86. The molecule has 1 aromatic heterocycles. The van der Waals surface area contributed by atoms with Crippen LogP contribution in [0.1, 0.15) is 32.3 Å². The maximum atomic E-state index is 11.7. The van der Waals surface area contributed by atoms with Gasteiger partial charge in [0.2, 0.25) is 0 Å². The minimum atomic E-state index is -0.295. The number of nitrogens with zero attached hydrogens (tertiary/aromatic N) is 1. The van der Waals surface area contributed by atoms with Gasteiger partial charge < -0.3 is 11.5 Å². The molecule has 4 heteroatoms. The van der Waals surface area contributed by atoms with Crippen LogP contribution in [0.5, 0.6) is 0 Å². The lowest BCUT2D eigenvalue weighted by Crippen LogP contribution is -2.32. The molecule has 0 aliphatic rings. The third kappa shape index (κ3) is 4.40. The summed E-state index contributed by atoms with van der Waals surface area (Å²) in [6, 6.07) is 1.70. The fraction of sp³-hybridized carbons (Fsp3) is 0.500. The number of Topliss-reactive ketones (excluding diaryl/α,β-unsaturated/α-hetero) is 1. The molecule has 0 spiro atoms. The zero-order chi connectivity index (χ0) is 12.2. The summed E-state index contributed by atoms with van der Waals surface area (Å²) in [5, 5.41) is 0. The Morgan fingerprint density at radius 3 is 2.75 bits per heavy atom. The van der Waals surface area contributed by atoms with E-state index < -0.39 is 0 Å². The van der Waals surface area contributed by atoms with Gasteiger partial charge in [0.1, 0.15) is 5.78 Å². The van der Waals surface area contributed by atoms with E-state index in [2.05, 4.69) is 4.98 Å². The van der Waals surface area contributed by atoms with E-state index >= 15 is 0 Å². The minimum Gasteiger partial charge on any atom is -0.398 e. The molecule has 1 heterocycles. The van der Waals surface area contributed by atoms with E-state index in [0.717, 1.165) is 5.56 Å². The highest BCUT2D eigenvalue weighted by Gasteiger charge is 2.14. The number of pyridine rings is 1. The van der Waals surface area contributed by atoms with Gasteiger partial charge in [0, 0.05) is 42.0 Å². The summed E-state index contributed by atoms with van der Waals surface area (Å²) >= 11 is 0. The van der Waals surface area contributed by atoms with Crippen molar-refractivity contribution in [2.24, 2.45) is 5.73 Å². The van der Waals surface area contributed by atoms with Crippen LogP contribution in [0.4, 0.5) is 5.69 Å². The first-order valence-corrected chi connectivity index (χ1v) is 5.37. The van der Waals surface area contributed by atoms with Crippen LogP contribution in [0.2, 0.25) is 0 Å². The number of nitrogen functional groups attached to an aromatic ring is 1. The highest BCUT2D eigenvalue weighted by molar-refractivity contribution is 5.82. The van der Waals surface area contributed by atoms with Crippen LogP contribution < -0.4 is 11.5 Å². The van der Waals surface area contributed by atoms with Crippen molar-refractivity contribution in [1.82, 2.24) is 4.98 Å². The first-order chi connectivity index (χ1) is 7.38. The van der Waals surface area contributed by atoms with Crippen molar-refractivity contribution in [3.05, 3.63) is 24.0 Å². The molecule has 16 heavy (non-hydrogen) atoms. The lowest BCUT2D eigenvalue weighted by Gasteiger charge is -2.17. The fourth-order valence-corrected chi connectivity index (χ4v) is 1.35. The number of hydrogen-bond acceptors (Lipinski definition) is 4. The summed E-state index contributed by atoms with van der Waals surface area (Å²) in [6.07, 6.45) is 4.77. The Morgan fingerprint density at radius 1 is 1.50 bits per heavy atom. The number of carbonyl (C=O) groups is 1. The summed E-state index contributed by atoms with van der Waals surface area (Å²) in [5.74, 6) is 0.151. The molecule has 1 aromatic rings. The van der Waals surface area contributed by atoms with Crippen molar-refractivity contribution in [2.75, 3.05) is 5.73 Å². The summed E-state index contributed by atoms with van der Waals surface area (Å²) in [7, 11) is 0. The van der Waals surface area contributed by atoms with Crippen molar-refractivity contribution in [1.29, 1.82) is 0 Å². The molecule has 1 rings (SSSR count). The summed E-state index contributed by atoms with van der Waals surface area (Å²) in [4.78, 5) is 15.6. The van der Waals surface area contributed by atoms with Crippen molar-refractivity contribution >= 4 is 11.5 Å². The third-order valence-corrected chi connectivity index (χ3v) is 2.38. The lowest BCUT2D eigenvalue weighted by atomic mass is 9.96. The Kier molecular flexibility index (Phi) is 4.01. The van der Waals surface area contributed by atoms with Gasteiger partial charge in [-0.1, -0.05) is 0 Å². The predicted octanol–water partition coefficient (Wildman–Crippen LogP) is 1.29. The maximum Gasteiger partial charge on any atom is 0.137 e. The maximum absolute atomic E-state index is 11.7. The molecule has 0 saturated carbocycles. The molecular formula is C12H19N3O. The second-order valence-corrected chi connectivity index (χ2v) is 4.78. The van der Waals surface area contributed by atoms with E-state index in [-0.39, 0.29) is 11.3 Å². The minimum absolute atomic E-state index is 0.151. The van der Waals surface area contributed by atoms with Crippen molar-refractivity contribution < 1.29 is 4.79 Å². The van der Waals surface area contributed by atoms with Crippen LogP contribution in [-0.2, 0) is 11.2 Å². The second kappa shape index (κ2) is 5.07. The molecule has 0 saturated heterocycles. The predicted molar refractivity (Wildman–Crippen MR) is 64.9 cm³/mol. The van der Waals surface area contributed by atoms with Crippen LogP contribution in [0, 0.1) is 0 Å². The topological polar surface area (TPSA) is 82.0 Å². The van der Waals surface area contributed by atoms with Gasteiger partial charge in [-0.15, -0.1) is 0 Å². The molecule has 88 valence electrons. The molecule has 4 N–H and O–H groups in total. The molecule has 0 amide bonds. The van der Waals surface area contributed by atoms with Gasteiger partial charge in [0.05, 0.1) is 0 Å². The van der Waals surface area contributed by atoms with E-state index in [4.69, 9.17) is 11.5 Å². The Bertz CT molecular complexity index is 369.